The number of ether oxygens (including phenoxy) is 1. The van der Waals surface area contributed by atoms with E-state index >= 15 is 0 Å². The van der Waals surface area contributed by atoms with Crippen LogP contribution in [0.15, 0.2) is 35.4 Å². The first-order chi connectivity index (χ1) is 9.52. The van der Waals surface area contributed by atoms with Gasteiger partial charge in [-0.25, -0.2) is 4.98 Å². The van der Waals surface area contributed by atoms with E-state index in [1.807, 2.05) is 6.92 Å². The molecule has 0 radical (unpaired) electrons. The first-order valence-corrected chi connectivity index (χ1v) is 6.01. The number of aromatic nitrogens is 2. The zero-order chi connectivity index (χ0) is 14.7. The summed E-state index contributed by atoms with van der Waals surface area (Å²) in [4.78, 5) is 26.1. The Morgan fingerprint density at radius 2 is 2.20 bits per heavy atom. The number of nitrogens with zero attached hydrogens (tertiary/aromatic N) is 3. The number of rotatable bonds is 4. The molecule has 2 aromatic rings. The lowest BCUT2D eigenvalue weighted by Gasteiger charge is -2.08. The van der Waals surface area contributed by atoms with Crippen molar-refractivity contribution in [2.24, 2.45) is 0 Å². The van der Waals surface area contributed by atoms with E-state index in [1.165, 1.54) is 22.9 Å². The lowest BCUT2D eigenvalue weighted by atomic mass is 10.2. The van der Waals surface area contributed by atoms with Crippen molar-refractivity contribution in [3.63, 3.8) is 0 Å². The van der Waals surface area contributed by atoms with Gasteiger partial charge in [0.25, 0.3) is 11.6 Å². The molecule has 0 N–H and O–H groups in total. The Labute approximate surface area is 114 Å². The highest BCUT2D eigenvalue weighted by Gasteiger charge is 2.13. The van der Waals surface area contributed by atoms with E-state index in [-0.39, 0.29) is 22.9 Å². The summed E-state index contributed by atoms with van der Waals surface area (Å²) in [6.07, 6.45) is 3.00. The molecule has 2 rings (SSSR count). The molecule has 7 heteroatoms. The van der Waals surface area contributed by atoms with E-state index in [4.69, 9.17) is 4.74 Å². The van der Waals surface area contributed by atoms with Gasteiger partial charge < -0.3 is 9.30 Å². The van der Waals surface area contributed by atoms with Gasteiger partial charge in [0.05, 0.1) is 11.0 Å². The lowest BCUT2D eigenvalue weighted by molar-refractivity contribution is -0.384. The zero-order valence-electron chi connectivity index (χ0n) is 11.1. The maximum absolute atomic E-state index is 12.0. The Hall–Kier alpha value is -2.70. The number of nitro benzene ring substituents is 1. The second-order valence-electron chi connectivity index (χ2n) is 4.13. The van der Waals surface area contributed by atoms with Crippen LogP contribution in [0.25, 0.3) is 0 Å². The molecule has 0 aliphatic heterocycles. The van der Waals surface area contributed by atoms with Crippen LogP contribution in [0.3, 0.4) is 0 Å². The van der Waals surface area contributed by atoms with Crippen LogP contribution in [0, 0.1) is 17.0 Å². The van der Waals surface area contributed by atoms with Crippen molar-refractivity contribution >= 4 is 5.69 Å². The highest BCUT2D eigenvalue weighted by molar-refractivity contribution is 5.44. The maximum atomic E-state index is 12.0. The monoisotopic (exact) mass is 275 g/mol. The highest BCUT2D eigenvalue weighted by atomic mass is 16.6. The second kappa shape index (κ2) is 5.52. The number of benzene rings is 1. The molecule has 0 aliphatic rings. The Balaban J connectivity index is 2.42. The number of hydrogen-bond donors (Lipinski definition) is 0. The van der Waals surface area contributed by atoms with Crippen molar-refractivity contribution in [2.45, 2.75) is 20.4 Å². The van der Waals surface area contributed by atoms with E-state index in [1.54, 1.807) is 19.2 Å². The molecule has 0 bridgehead atoms. The molecule has 1 aromatic heterocycles. The first kappa shape index (κ1) is 13.7. The fourth-order valence-corrected chi connectivity index (χ4v) is 1.66. The van der Waals surface area contributed by atoms with E-state index in [0.717, 1.165) is 0 Å². The summed E-state index contributed by atoms with van der Waals surface area (Å²) in [5.41, 5.74) is 0.210. The van der Waals surface area contributed by atoms with Crippen molar-refractivity contribution < 1.29 is 9.66 Å². The number of non-ortho nitro benzene ring substituents is 1. The van der Waals surface area contributed by atoms with Gasteiger partial charge in [0.1, 0.15) is 5.75 Å². The van der Waals surface area contributed by atoms with Gasteiger partial charge in [-0.3, -0.25) is 14.9 Å². The molecule has 0 spiro atoms. The van der Waals surface area contributed by atoms with E-state index in [9.17, 15) is 14.9 Å². The minimum Gasteiger partial charge on any atom is -0.434 e. The average Bonchev–Trinajstić information content (AvgIpc) is 2.43. The molecule has 0 fully saturated rings. The van der Waals surface area contributed by atoms with Gasteiger partial charge in [-0.2, -0.15) is 0 Å². The quantitative estimate of drug-likeness (QED) is 0.631. The van der Waals surface area contributed by atoms with Crippen LogP contribution in [-0.4, -0.2) is 14.5 Å². The molecule has 0 saturated heterocycles. The van der Waals surface area contributed by atoms with E-state index in [0.29, 0.717) is 12.1 Å². The molecular weight excluding hydrogens is 262 g/mol. The van der Waals surface area contributed by atoms with Crippen LogP contribution in [-0.2, 0) is 6.54 Å². The van der Waals surface area contributed by atoms with Crippen molar-refractivity contribution in [3.8, 4) is 11.6 Å². The molecule has 0 saturated carbocycles. The van der Waals surface area contributed by atoms with Crippen LogP contribution < -0.4 is 10.3 Å². The predicted octanol–water partition coefficient (Wildman–Crippen LogP) is 2.27. The average molecular weight is 275 g/mol. The second-order valence-corrected chi connectivity index (χ2v) is 4.13. The minimum absolute atomic E-state index is 0.0991. The zero-order valence-corrected chi connectivity index (χ0v) is 11.1. The van der Waals surface area contributed by atoms with Gasteiger partial charge in [0.2, 0.25) is 0 Å². The molecule has 0 unspecified atom stereocenters. The lowest BCUT2D eigenvalue weighted by Crippen LogP contribution is -2.20. The molecule has 20 heavy (non-hydrogen) atoms. The molecule has 1 aromatic carbocycles. The Morgan fingerprint density at radius 3 is 2.85 bits per heavy atom. The van der Waals surface area contributed by atoms with Crippen molar-refractivity contribution in [3.05, 3.63) is 56.6 Å². The normalized spacial score (nSPS) is 10.3. The van der Waals surface area contributed by atoms with Crippen molar-refractivity contribution in [1.82, 2.24) is 9.55 Å². The molecule has 0 atom stereocenters. The smallest absolute Gasteiger partial charge is 0.313 e. The van der Waals surface area contributed by atoms with E-state index < -0.39 is 4.92 Å². The Bertz CT molecular complexity index is 709. The third kappa shape index (κ3) is 2.66. The third-order valence-electron chi connectivity index (χ3n) is 2.81. The summed E-state index contributed by atoms with van der Waals surface area (Å²) < 4.78 is 6.86. The fourth-order valence-electron chi connectivity index (χ4n) is 1.66. The summed E-state index contributed by atoms with van der Waals surface area (Å²) in [6, 6.07) is 4.22. The van der Waals surface area contributed by atoms with Gasteiger partial charge in [-0.1, -0.05) is 0 Å². The minimum atomic E-state index is -0.519. The number of aryl methyl sites for hydroxylation is 2. The van der Waals surface area contributed by atoms with Crippen molar-refractivity contribution in [1.29, 1.82) is 0 Å². The summed E-state index contributed by atoms with van der Waals surface area (Å²) in [5.74, 6) is 0.149. The van der Waals surface area contributed by atoms with Gasteiger partial charge in [-0.15, -0.1) is 0 Å². The Morgan fingerprint density at radius 1 is 1.45 bits per heavy atom. The molecule has 104 valence electrons. The van der Waals surface area contributed by atoms with Gasteiger partial charge in [-0.05, 0) is 25.5 Å². The summed E-state index contributed by atoms with van der Waals surface area (Å²) in [5, 5.41) is 10.8. The molecule has 7 nitrogen and oxygen atoms in total. The van der Waals surface area contributed by atoms with Crippen LogP contribution in [0.5, 0.6) is 11.6 Å². The first-order valence-electron chi connectivity index (χ1n) is 6.01. The van der Waals surface area contributed by atoms with Gasteiger partial charge >= 0.3 is 5.56 Å². The highest BCUT2D eigenvalue weighted by Crippen LogP contribution is 2.26. The van der Waals surface area contributed by atoms with Crippen LogP contribution in [0.2, 0.25) is 0 Å². The molecule has 0 amide bonds. The topological polar surface area (TPSA) is 87.3 Å². The largest absolute Gasteiger partial charge is 0.434 e. The van der Waals surface area contributed by atoms with E-state index in [2.05, 4.69) is 4.98 Å². The third-order valence-corrected chi connectivity index (χ3v) is 2.81. The maximum Gasteiger partial charge on any atom is 0.313 e. The standard InChI is InChI=1S/C13H13N3O4/c1-3-15-7-6-14-12(13(15)17)20-11-8-10(16(18)19)5-4-9(11)2/h4-8H,3H2,1-2H3. The van der Waals surface area contributed by atoms with Gasteiger partial charge in [0, 0.05) is 25.0 Å². The molecular formula is C13H13N3O4. The Kier molecular flexibility index (Phi) is 3.79. The van der Waals surface area contributed by atoms with Crippen LogP contribution >= 0.6 is 0 Å². The van der Waals surface area contributed by atoms with Gasteiger partial charge in [0.15, 0.2) is 0 Å². The molecule has 0 aliphatic carbocycles. The van der Waals surface area contributed by atoms with Crippen LogP contribution in [0.1, 0.15) is 12.5 Å². The van der Waals surface area contributed by atoms with Crippen molar-refractivity contribution in [2.75, 3.05) is 0 Å². The predicted molar refractivity (Wildman–Crippen MR) is 72.1 cm³/mol. The number of nitro groups is 1. The van der Waals surface area contributed by atoms with Crippen LogP contribution in [0.4, 0.5) is 5.69 Å². The summed E-state index contributed by atoms with van der Waals surface area (Å²) in [6.45, 7) is 4.05. The number of hydrogen-bond acceptors (Lipinski definition) is 5. The summed E-state index contributed by atoms with van der Waals surface area (Å²) in [7, 11) is 0. The SMILES string of the molecule is CCn1ccnc(Oc2cc([N+](=O)[O-])ccc2C)c1=O. The fraction of sp³-hybridized carbons (Fsp3) is 0.231. The molecule has 1 heterocycles. The summed E-state index contributed by atoms with van der Waals surface area (Å²) >= 11 is 0.